The van der Waals surface area contributed by atoms with Gasteiger partial charge in [-0.15, -0.1) is 12.4 Å². The van der Waals surface area contributed by atoms with Crippen LogP contribution >= 0.6 is 12.4 Å². The topological polar surface area (TPSA) is 75.4 Å². The van der Waals surface area contributed by atoms with Crippen molar-refractivity contribution >= 4 is 24.2 Å². The van der Waals surface area contributed by atoms with E-state index in [0.717, 1.165) is 31.2 Å². The van der Waals surface area contributed by atoms with Crippen molar-refractivity contribution in [1.82, 2.24) is 10.2 Å². The van der Waals surface area contributed by atoms with Gasteiger partial charge in [-0.3, -0.25) is 9.59 Å². The van der Waals surface area contributed by atoms with Crippen LogP contribution in [0.5, 0.6) is 0 Å². The van der Waals surface area contributed by atoms with E-state index in [-0.39, 0.29) is 42.7 Å². The molecule has 0 spiro atoms. The Bertz CT molecular complexity index is 611. The van der Waals surface area contributed by atoms with Crippen LogP contribution in [0.2, 0.25) is 0 Å². The molecule has 0 saturated heterocycles. The average Bonchev–Trinajstić information content (AvgIpc) is 2.64. The SMILES string of the molecule is CCN(Cc1ccccc1)C(=O)CNC(=O)C1CC2CCCC(C1)C2N.Cl. The van der Waals surface area contributed by atoms with Gasteiger partial charge in [0, 0.05) is 25.0 Å². The number of likely N-dealkylation sites (N-methyl/N-ethyl adjacent to an activating group) is 1. The van der Waals surface area contributed by atoms with E-state index in [2.05, 4.69) is 5.32 Å². The van der Waals surface area contributed by atoms with Crippen molar-refractivity contribution in [2.75, 3.05) is 13.1 Å². The summed E-state index contributed by atoms with van der Waals surface area (Å²) < 4.78 is 0. The monoisotopic (exact) mass is 393 g/mol. The molecule has 1 aromatic rings. The zero-order valence-corrected chi connectivity index (χ0v) is 16.9. The van der Waals surface area contributed by atoms with E-state index < -0.39 is 0 Å². The van der Waals surface area contributed by atoms with Crippen LogP contribution in [0.15, 0.2) is 30.3 Å². The molecule has 2 amide bonds. The second-order valence-electron chi connectivity index (χ2n) is 7.81. The van der Waals surface area contributed by atoms with Crippen LogP contribution in [-0.2, 0) is 16.1 Å². The highest BCUT2D eigenvalue weighted by Gasteiger charge is 2.40. The largest absolute Gasteiger partial charge is 0.347 e. The molecule has 1 aromatic carbocycles. The van der Waals surface area contributed by atoms with Crippen molar-refractivity contribution < 1.29 is 9.59 Å². The maximum absolute atomic E-state index is 12.6. The number of nitrogens with one attached hydrogen (secondary N) is 1. The Morgan fingerprint density at radius 2 is 1.78 bits per heavy atom. The van der Waals surface area contributed by atoms with Crippen molar-refractivity contribution in [1.29, 1.82) is 0 Å². The molecule has 0 aliphatic heterocycles. The molecule has 2 atom stereocenters. The summed E-state index contributed by atoms with van der Waals surface area (Å²) in [5.41, 5.74) is 7.41. The lowest BCUT2D eigenvalue weighted by Gasteiger charge is -2.43. The zero-order chi connectivity index (χ0) is 18.5. The van der Waals surface area contributed by atoms with Gasteiger partial charge in [-0.25, -0.2) is 0 Å². The van der Waals surface area contributed by atoms with Crippen LogP contribution in [0.3, 0.4) is 0 Å². The number of fused-ring (bicyclic) bond motifs is 2. The Kier molecular flexibility index (Phi) is 8.11. The molecular weight excluding hydrogens is 362 g/mol. The Morgan fingerprint density at radius 3 is 2.37 bits per heavy atom. The van der Waals surface area contributed by atoms with E-state index >= 15 is 0 Å². The lowest BCUT2D eigenvalue weighted by molar-refractivity contribution is -0.135. The van der Waals surface area contributed by atoms with Crippen molar-refractivity contribution in [2.45, 2.75) is 51.6 Å². The van der Waals surface area contributed by atoms with Crippen LogP contribution in [0.4, 0.5) is 0 Å². The number of hydrogen-bond acceptors (Lipinski definition) is 3. The molecule has 2 bridgehead atoms. The van der Waals surface area contributed by atoms with E-state index in [4.69, 9.17) is 5.73 Å². The van der Waals surface area contributed by atoms with Gasteiger partial charge < -0.3 is 16.0 Å². The number of halogens is 1. The average molecular weight is 394 g/mol. The number of amides is 2. The molecule has 6 heteroatoms. The van der Waals surface area contributed by atoms with E-state index in [9.17, 15) is 9.59 Å². The minimum Gasteiger partial charge on any atom is -0.347 e. The number of benzene rings is 1. The van der Waals surface area contributed by atoms with Crippen LogP contribution < -0.4 is 11.1 Å². The first kappa shape index (κ1) is 21.7. The number of nitrogens with two attached hydrogens (primary N) is 1. The van der Waals surface area contributed by atoms with E-state index in [0.29, 0.717) is 24.9 Å². The van der Waals surface area contributed by atoms with Crippen molar-refractivity contribution in [3.05, 3.63) is 35.9 Å². The highest BCUT2D eigenvalue weighted by atomic mass is 35.5. The molecule has 2 saturated carbocycles. The molecule has 2 unspecified atom stereocenters. The third-order valence-corrected chi connectivity index (χ3v) is 6.15. The van der Waals surface area contributed by atoms with Crippen LogP contribution in [0.1, 0.15) is 44.6 Å². The second-order valence-corrected chi connectivity index (χ2v) is 7.81. The van der Waals surface area contributed by atoms with Gasteiger partial charge in [0.25, 0.3) is 0 Å². The molecule has 2 aliphatic rings. The summed E-state index contributed by atoms with van der Waals surface area (Å²) in [6.07, 6.45) is 5.27. The van der Waals surface area contributed by atoms with Gasteiger partial charge in [-0.05, 0) is 50.0 Å². The molecule has 150 valence electrons. The molecular formula is C21H32ClN3O2. The van der Waals surface area contributed by atoms with Crippen LogP contribution in [-0.4, -0.2) is 35.8 Å². The van der Waals surface area contributed by atoms with E-state index in [1.54, 1.807) is 4.90 Å². The Labute approximate surface area is 168 Å². The van der Waals surface area contributed by atoms with Gasteiger partial charge in [0.05, 0.1) is 6.54 Å². The molecule has 3 N–H and O–H groups in total. The van der Waals surface area contributed by atoms with E-state index in [1.807, 2.05) is 37.3 Å². The Balaban J connectivity index is 0.00000261. The summed E-state index contributed by atoms with van der Waals surface area (Å²) in [5, 5.41) is 2.89. The number of carbonyl (C=O) groups excluding carboxylic acids is 2. The quantitative estimate of drug-likeness (QED) is 0.780. The highest BCUT2D eigenvalue weighted by Crippen LogP contribution is 2.41. The maximum Gasteiger partial charge on any atom is 0.242 e. The summed E-state index contributed by atoms with van der Waals surface area (Å²) >= 11 is 0. The lowest BCUT2D eigenvalue weighted by atomic mass is 9.65. The minimum absolute atomic E-state index is 0. The molecule has 0 radical (unpaired) electrons. The third-order valence-electron chi connectivity index (χ3n) is 6.15. The number of carbonyl (C=O) groups is 2. The number of nitrogens with zero attached hydrogens (tertiary/aromatic N) is 1. The maximum atomic E-state index is 12.6. The summed E-state index contributed by atoms with van der Waals surface area (Å²) in [6, 6.07) is 10.2. The normalized spacial score (nSPS) is 26.6. The fourth-order valence-electron chi connectivity index (χ4n) is 4.60. The Morgan fingerprint density at radius 1 is 1.15 bits per heavy atom. The van der Waals surface area contributed by atoms with Gasteiger partial charge in [-0.1, -0.05) is 36.8 Å². The summed E-state index contributed by atoms with van der Waals surface area (Å²) in [6.45, 7) is 3.25. The lowest BCUT2D eigenvalue weighted by Crippen LogP contribution is -2.50. The summed E-state index contributed by atoms with van der Waals surface area (Å²) in [4.78, 5) is 26.9. The minimum atomic E-state index is -0.0302. The molecule has 5 nitrogen and oxygen atoms in total. The zero-order valence-electron chi connectivity index (χ0n) is 16.1. The third kappa shape index (κ3) is 5.45. The van der Waals surface area contributed by atoms with Crippen LogP contribution in [0.25, 0.3) is 0 Å². The van der Waals surface area contributed by atoms with Gasteiger partial charge >= 0.3 is 0 Å². The molecule has 2 fully saturated rings. The van der Waals surface area contributed by atoms with Gasteiger partial charge in [0.2, 0.25) is 11.8 Å². The number of rotatable bonds is 6. The predicted octanol–water partition coefficient (Wildman–Crippen LogP) is 2.73. The standard InChI is InChI=1S/C21H31N3O2.ClH/c1-2-24(14-15-7-4-3-5-8-15)19(25)13-23-21(26)18-11-16-9-6-10-17(12-18)20(16)22;/h3-5,7-8,16-18,20H,2,6,9-14,22H2,1H3,(H,23,26);1H. The van der Waals surface area contributed by atoms with Crippen molar-refractivity contribution in [3.63, 3.8) is 0 Å². The van der Waals surface area contributed by atoms with Gasteiger partial charge in [-0.2, -0.15) is 0 Å². The van der Waals surface area contributed by atoms with Crippen LogP contribution in [0, 0.1) is 17.8 Å². The molecule has 0 heterocycles. The van der Waals surface area contributed by atoms with Gasteiger partial charge in [0.15, 0.2) is 0 Å². The van der Waals surface area contributed by atoms with E-state index in [1.165, 1.54) is 6.42 Å². The fourth-order valence-corrected chi connectivity index (χ4v) is 4.60. The number of hydrogen-bond donors (Lipinski definition) is 2. The summed E-state index contributed by atoms with van der Waals surface area (Å²) in [5.74, 6) is 0.954. The first-order valence-corrected chi connectivity index (χ1v) is 9.93. The first-order valence-electron chi connectivity index (χ1n) is 9.93. The Hall–Kier alpha value is -1.59. The first-order chi connectivity index (χ1) is 12.6. The summed E-state index contributed by atoms with van der Waals surface area (Å²) in [7, 11) is 0. The molecule has 3 rings (SSSR count). The molecule has 27 heavy (non-hydrogen) atoms. The smallest absolute Gasteiger partial charge is 0.242 e. The molecule has 0 aromatic heterocycles. The van der Waals surface area contributed by atoms with Gasteiger partial charge in [0.1, 0.15) is 0 Å². The van der Waals surface area contributed by atoms with Crippen molar-refractivity contribution in [3.8, 4) is 0 Å². The molecule has 2 aliphatic carbocycles. The predicted molar refractivity (Wildman–Crippen MR) is 109 cm³/mol. The highest BCUT2D eigenvalue weighted by molar-refractivity contribution is 5.86. The van der Waals surface area contributed by atoms with Crippen molar-refractivity contribution in [2.24, 2.45) is 23.5 Å². The second kappa shape index (κ2) is 10.1. The fraction of sp³-hybridized carbons (Fsp3) is 0.619.